The van der Waals surface area contributed by atoms with Crippen molar-refractivity contribution in [3.63, 3.8) is 0 Å². The molecule has 0 aliphatic heterocycles. The molecule has 1 unspecified atom stereocenters. The van der Waals surface area contributed by atoms with Crippen molar-refractivity contribution in [1.82, 2.24) is 4.72 Å². The topological polar surface area (TPSA) is 95.5 Å². The predicted octanol–water partition coefficient (Wildman–Crippen LogP) is 0.694. The predicted molar refractivity (Wildman–Crippen MR) is 74.7 cm³/mol. The summed E-state index contributed by atoms with van der Waals surface area (Å²) in [7, 11) is -3.63. The van der Waals surface area contributed by atoms with Crippen LogP contribution in [0.1, 0.15) is 19.8 Å². The van der Waals surface area contributed by atoms with Crippen molar-refractivity contribution < 1.29 is 18.3 Å². The number of anilines is 1. The average molecular weight is 298 g/mol. The SMILES string of the molecule is CC(=O)Nc1ccc(S(=O)(=O)NCC(O)C2CC2)cc1. The van der Waals surface area contributed by atoms with E-state index in [-0.39, 0.29) is 23.3 Å². The molecule has 0 aromatic heterocycles. The third kappa shape index (κ3) is 4.03. The zero-order chi connectivity index (χ0) is 14.8. The van der Waals surface area contributed by atoms with Gasteiger partial charge in [0.1, 0.15) is 0 Å². The number of aliphatic hydroxyl groups excluding tert-OH is 1. The first-order valence-electron chi connectivity index (χ1n) is 6.44. The highest BCUT2D eigenvalue weighted by Gasteiger charge is 2.30. The molecule has 2 rings (SSSR count). The molecule has 20 heavy (non-hydrogen) atoms. The third-order valence-electron chi connectivity index (χ3n) is 3.13. The summed E-state index contributed by atoms with van der Waals surface area (Å²) in [5.41, 5.74) is 0.537. The van der Waals surface area contributed by atoms with Crippen LogP contribution in [0, 0.1) is 5.92 Å². The minimum absolute atomic E-state index is 0.0282. The van der Waals surface area contributed by atoms with Crippen molar-refractivity contribution in [2.75, 3.05) is 11.9 Å². The first-order chi connectivity index (χ1) is 9.38. The molecule has 1 aromatic carbocycles. The molecule has 6 nitrogen and oxygen atoms in total. The summed E-state index contributed by atoms with van der Waals surface area (Å²) in [5, 5.41) is 12.2. The van der Waals surface area contributed by atoms with Crippen LogP contribution in [0.15, 0.2) is 29.2 Å². The minimum Gasteiger partial charge on any atom is -0.391 e. The smallest absolute Gasteiger partial charge is 0.240 e. The number of carbonyl (C=O) groups is 1. The lowest BCUT2D eigenvalue weighted by molar-refractivity contribution is -0.114. The van der Waals surface area contributed by atoms with Crippen LogP contribution in [-0.4, -0.2) is 32.1 Å². The number of rotatable bonds is 6. The summed E-state index contributed by atoms with van der Waals surface area (Å²) in [6.45, 7) is 1.41. The fraction of sp³-hybridized carbons (Fsp3) is 0.462. The molecule has 0 heterocycles. The minimum atomic E-state index is -3.63. The lowest BCUT2D eigenvalue weighted by Crippen LogP contribution is -2.33. The maximum absolute atomic E-state index is 12.0. The van der Waals surface area contributed by atoms with E-state index >= 15 is 0 Å². The average Bonchev–Trinajstić information content (AvgIpc) is 3.20. The molecule has 0 saturated heterocycles. The standard InChI is InChI=1S/C13H18N2O4S/c1-9(16)15-11-4-6-12(7-5-11)20(18,19)14-8-13(17)10-2-3-10/h4-7,10,13-14,17H,2-3,8H2,1H3,(H,15,16). The van der Waals surface area contributed by atoms with Crippen molar-refractivity contribution in [1.29, 1.82) is 0 Å². The molecule has 1 saturated carbocycles. The van der Waals surface area contributed by atoms with E-state index in [9.17, 15) is 18.3 Å². The van der Waals surface area contributed by atoms with Gasteiger partial charge < -0.3 is 10.4 Å². The lowest BCUT2D eigenvalue weighted by Gasteiger charge is -2.11. The molecule has 1 fully saturated rings. The highest BCUT2D eigenvalue weighted by atomic mass is 32.2. The third-order valence-corrected chi connectivity index (χ3v) is 4.57. The van der Waals surface area contributed by atoms with Gasteiger partial charge in [-0.2, -0.15) is 0 Å². The van der Waals surface area contributed by atoms with E-state index in [1.165, 1.54) is 31.2 Å². The second-order valence-electron chi connectivity index (χ2n) is 4.96. The number of aliphatic hydroxyl groups is 1. The largest absolute Gasteiger partial charge is 0.391 e. The molecule has 110 valence electrons. The highest BCUT2D eigenvalue weighted by Crippen LogP contribution is 2.32. The Balaban J connectivity index is 1.99. The zero-order valence-corrected chi connectivity index (χ0v) is 12.0. The van der Waals surface area contributed by atoms with Crippen LogP contribution >= 0.6 is 0 Å². The Morgan fingerprint density at radius 1 is 1.35 bits per heavy atom. The first-order valence-corrected chi connectivity index (χ1v) is 7.92. The van der Waals surface area contributed by atoms with Gasteiger partial charge in [0.05, 0.1) is 11.0 Å². The van der Waals surface area contributed by atoms with Gasteiger partial charge >= 0.3 is 0 Å². The fourth-order valence-electron chi connectivity index (χ4n) is 1.85. The van der Waals surface area contributed by atoms with Crippen molar-refractivity contribution in [2.45, 2.75) is 30.8 Å². The molecule has 0 radical (unpaired) electrons. The first kappa shape index (κ1) is 15.0. The summed E-state index contributed by atoms with van der Waals surface area (Å²) >= 11 is 0. The summed E-state index contributed by atoms with van der Waals surface area (Å²) in [4.78, 5) is 11.0. The molecule has 7 heteroatoms. The van der Waals surface area contributed by atoms with E-state index in [1.807, 2.05) is 0 Å². The van der Waals surface area contributed by atoms with Gasteiger partial charge in [-0.3, -0.25) is 4.79 Å². The number of sulfonamides is 1. The van der Waals surface area contributed by atoms with Gasteiger partial charge in [0.25, 0.3) is 0 Å². The summed E-state index contributed by atoms with van der Waals surface area (Å²) in [5.74, 6) is 0.00568. The van der Waals surface area contributed by atoms with Crippen LogP contribution in [-0.2, 0) is 14.8 Å². The summed E-state index contributed by atoms with van der Waals surface area (Å²) < 4.78 is 26.4. The van der Waals surface area contributed by atoms with E-state index in [1.54, 1.807) is 0 Å². The molecule has 1 amide bonds. The van der Waals surface area contributed by atoms with Gasteiger partial charge in [-0.25, -0.2) is 13.1 Å². The quantitative estimate of drug-likeness (QED) is 0.720. The maximum atomic E-state index is 12.0. The second-order valence-corrected chi connectivity index (χ2v) is 6.73. The molecule has 1 atom stereocenters. The Kier molecular flexibility index (Phi) is 4.42. The van der Waals surface area contributed by atoms with Crippen LogP contribution in [0.2, 0.25) is 0 Å². The molecule has 3 N–H and O–H groups in total. The van der Waals surface area contributed by atoms with E-state index in [4.69, 9.17) is 0 Å². The van der Waals surface area contributed by atoms with Crippen molar-refractivity contribution in [3.8, 4) is 0 Å². The van der Waals surface area contributed by atoms with E-state index in [2.05, 4.69) is 10.0 Å². The molecule has 1 aromatic rings. The number of hydrogen-bond acceptors (Lipinski definition) is 4. The van der Waals surface area contributed by atoms with Crippen molar-refractivity contribution in [3.05, 3.63) is 24.3 Å². The molecular weight excluding hydrogens is 280 g/mol. The maximum Gasteiger partial charge on any atom is 0.240 e. The fourth-order valence-corrected chi connectivity index (χ4v) is 2.90. The van der Waals surface area contributed by atoms with E-state index in [0.29, 0.717) is 5.69 Å². The molecule has 0 spiro atoms. The lowest BCUT2D eigenvalue weighted by atomic mass is 10.2. The van der Waals surface area contributed by atoms with Gasteiger partial charge in [-0.1, -0.05) is 0 Å². The Labute approximate surface area is 118 Å². The van der Waals surface area contributed by atoms with Gasteiger partial charge in [0, 0.05) is 19.2 Å². The van der Waals surface area contributed by atoms with Crippen molar-refractivity contribution in [2.24, 2.45) is 5.92 Å². The number of carbonyl (C=O) groups excluding carboxylic acids is 1. The van der Waals surface area contributed by atoms with Crippen molar-refractivity contribution >= 4 is 21.6 Å². The number of amides is 1. The Morgan fingerprint density at radius 3 is 2.45 bits per heavy atom. The van der Waals surface area contributed by atoms with Crippen LogP contribution in [0.4, 0.5) is 5.69 Å². The molecule has 1 aliphatic rings. The molecule has 1 aliphatic carbocycles. The Morgan fingerprint density at radius 2 is 1.95 bits per heavy atom. The molecular formula is C13H18N2O4S. The Bertz CT molecular complexity index is 579. The van der Waals surface area contributed by atoms with Gasteiger partial charge in [-0.15, -0.1) is 0 Å². The van der Waals surface area contributed by atoms with E-state index in [0.717, 1.165) is 12.8 Å². The van der Waals surface area contributed by atoms with Gasteiger partial charge in [-0.05, 0) is 43.0 Å². The number of nitrogens with one attached hydrogen (secondary N) is 2. The highest BCUT2D eigenvalue weighted by molar-refractivity contribution is 7.89. The number of hydrogen-bond donors (Lipinski definition) is 3. The van der Waals surface area contributed by atoms with Crippen LogP contribution < -0.4 is 10.0 Å². The zero-order valence-electron chi connectivity index (χ0n) is 11.2. The second kappa shape index (κ2) is 5.90. The Hall–Kier alpha value is -1.44. The summed E-state index contributed by atoms with van der Waals surface area (Å²) in [6, 6.07) is 5.87. The summed E-state index contributed by atoms with van der Waals surface area (Å²) in [6.07, 6.45) is 1.28. The number of benzene rings is 1. The van der Waals surface area contributed by atoms with E-state index < -0.39 is 16.1 Å². The van der Waals surface area contributed by atoms with Gasteiger partial charge in [0.2, 0.25) is 15.9 Å². The van der Waals surface area contributed by atoms with Crippen LogP contribution in [0.3, 0.4) is 0 Å². The van der Waals surface area contributed by atoms with Crippen LogP contribution in [0.5, 0.6) is 0 Å². The normalized spacial score (nSPS) is 16.7. The monoisotopic (exact) mass is 298 g/mol. The van der Waals surface area contributed by atoms with Crippen LogP contribution in [0.25, 0.3) is 0 Å². The van der Waals surface area contributed by atoms with Gasteiger partial charge in [0.15, 0.2) is 0 Å². The molecule has 0 bridgehead atoms.